The highest BCUT2D eigenvalue weighted by atomic mass is 35.5. The molecule has 1 heterocycles. The molecule has 0 aliphatic rings. The summed E-state index contributed by atoms with van der Waals surface area (Å²) in [6.45, 7) is 0. The average molecular weight is 368 g/mol. The fourth-order valence-corrected chi connectivity index (χ4v) is 2.48. The molecule has 0 radical (unpaired) electrons. The van der Waals surface area contributed by atoms with Crippen molar-refractivity contribution in [2.75, 3.05) is 5.32 Å². The smallest absolute Gasteiger partial charge is 0.270 e. The van der Waals surface area contributed by atoms with Crippen molar-refractivity contribution in [3.05, 3.63) is 80.9 Å². The average Bonchev–Trinajstić information content (AvgIpc) is 3.04. The minimum Gasteiger partial charge on any atom is -0.439 e. The van der Waals surface area contributed by atoms with E-state index in [0.717, 1.165) is 0 Å². The summed E-state index contributed by atoms with van der Waals surface area (Å²) < 4.78 is 5.54. The van der Waals surface area contributed by atoms with Gasteiger partial charge < -0.3 is 4.42 Å². The third-order valence-corrected chi connectivity index (χ3v) is 3.74. The van der Waals surface area contributed by atoms with E-state index in [4.69, 9.17) is 16.0 Å². The van der Waals surface area contributed by atoms with E-state index >= 15 is 0 Å². The van der Waals surface area contributed by atoms with Crippen LogP contribution in [-0.2, 0) is 0 Å². The van der Waals surface area contributed by atoms with E-state index in [0.29, 0.717) is 16.1 Å². The molecule has 0 fully saturated rings. The van der Waals surface area contributed by atoms with Crippen LogP contribution in [0.4, 0.5) is 11.6 Å². The van der Waals surface area contributed by atoms with Gasteiger partial charge in [-0.2, -0.15) is 5.26 Å². The minimum absolute atomic E-state index is 0.0426. The van der Waals surface area contributed by atoms with Crippen molar-refractivity contribution in [3.63, 3.8) is 0 Å². The Labute approximate surface area is 152 Å². The highest BCUT2D eigenvalue weighted by Gasteiger charge is 2.17. The maximum absolute atomic E-state index is 12.3. The fraction of sp³-hybridized carbons (Fsp3) is 0. The van der Waals surface area contributed by atoms with Crippen LogP contribution in [0.3, 0.4) is 0 Å². The van der Waals surface area contributed by atoms with E-state index < -0.39 is 10.8 Å². The molecular weight excluding hydrogens is 358 g/mol. The number of amides is 1. The predicted molar refractivity (Wildman–Crippen MR) is 94.9 cm³/mol. The summed E-state index contributed by atoms with van der Waals surface area (Å²) in [6.07, 6.45) is 0. The summed E-state index contributed by atoms with van der Waals surface area (Å²) in [6, 6.07) is 15.4. The van der Waals surface area contributed by atoms with Gasteiger partial charge in [-0.05, 0) is 18.2 Å². The van der Waals surface area contributed by atoms with Crippen LogP contribution in [0.5, 0.6) is 0 Å². The molecule has 1 N–H and O–H groups in total. The van der Waals surface area contributed by atoms with Crippen molar-refractivity contribution < 1.29 is 14.1 Å². The first-order valence-electron chi connectivity index (χ1n) is 7.33. The lowest BCUT2D eigenvalue weighted by Gasteiger charge is -2.03. The van der Waals surface area contributed by atoms with Gasteiger partial charge in [0.1, 0.15) is 17.4 Å². The van der Waals surface area contributed by atoms with Crippen LogP contribution in [0, 0.1) is 21.4 Å². The second-order valence-electron chi connectivity index (χ2n) is 5.24. The number of carbonyl (C=O) groups is 1. The standard InChI is InChI=1S/C18H10ClN3O4/c19-14-5-1-4-12(7-14)17(23)21-18-13(10-20)9-16(26-18)11-3-2-6-15(8-11)22(24)25/h1-9H,(H,21,23). The molecule has 0 unspecified atom stereocenters. The number of nitro benzene ring substituents is 1. The Bertz CT molecular complexity index is 1050. The molecule has 0 aliphatic heterocycles. The van der Waals surface area contributed by atoms with Crippen molar-refractivity contribution in [2.24, 2.45) is 0 Å². The molecule has 0 saturated heterocycles. The van der Waals surface area contributed by atoms with Gasteiger partial charge in [0, 0.05) is 34.3 Å². The topological polar surface area (TPSA) is 109 Å². The number of nitro groups is 1. The second kappa shape index (κ2) is 7.09. The maximum atomic E-state index is 12.3. The van der Waals surface area contributed by atoms with E-state index in [1.54, 1.807) is 24.3 Å². The third-order valence-electron chi connectivity index (χ3n) is 3.51. The van der Waals surface area contributed by atoms with E-state index in [9.17, 15) is 20.2 Å². The van der Waals surface area contributed by atoms with Crippen molar-refractivity contribution in [1.29, 1.82) is 5.26 Å². The number of hydrogen-bond donors (Lipinski definition) is 1. The lowest BCUT2D eigenvalue weighted by Crippen LogP contribution is -2.11. The first kappa shape index (κ1) is 17.2. The molecule has 0 bridgehead atoms. The van der Waals surface area contributed by atoms with E-state index in [2.05, 4.69) is 5.32 Å². The van der Waals surface area contributed by atoms with Gasteiger partial charge in [-0.3, -0.25) is 20.2 Å². The van der Waals surface area contributed by atoms with Crippen LogP contribution < -0.4 is 5.32 Å². The Kier molecular flexibility index (Phi) is 4.69. The fourth-order valence-electron chi connectivity index (χ4n) is 2.29. The number of halogens is 1. The monoisotopic (exact) mass is 367 g/mol. The largest absolute Gasteiger partial charge is 0.439 e. The number of nitriles is 1. The molecule has 7 nitrogen and oxygen atoms in total. The number of nitrogens with zero attached hydrogens (tertiary/aromatic N) is 2. The zero-order valence-electron chi connectivity index (χ0n) is 13.1. The first-order valence-corrected chi connectivity index (χ1v) is 7.71. The lowest BCUT2D eigenvalue weighted by atomic mass is 10.1. The number of non-ortho nitro benzene ring substituents is 1. The summed E-state index contributed by atoms with van der Waals surface area (Å²) in [5.74, 6) is -0.311. The van der Waals surface area contributed by atoms with Gasteiger partial charge in [-0.15, -0.1) is 0 Å². The maximum Gasteiger partial charge on any atom is 0.270 e. The van der Waals surface area contributed by atoms with E-state index in [1.807, 2.05) is 6.07 Å². The number of furan rings is 1. The van der Waals surface area contributed by atoms with Crippen LogP contribution in [0.2, 0.25) is 5.02 Å². The molecule has 26 heavy (non-hydrogen) atoms. The summed E-state index contributed by atoms with van der Waals surface area (Å²) in [4.78, 5) is 22.7. The highest BCUT2D eigenvalue weighted by molar-refractivity contribution is 6.31. The third kappa shape index (κ3) is 3.55. The van der Waals surface area contributed by atoms with Crippen LogP contribution in [0.15, 0.2) is 59.0 Å². The quantitative estimate of drug-likeness (QED) is 0.534. The number of rotatable bonds is 4. The zero-order chi connectivity index (χ0) is 18.7. The molecule has 128 valence electrons. The summed E-state index contributed by atoms with van der Waals surface area (Å²) >= 11 is 5.86. The molecule has 1 amide bonds. The molecule has 0 atom stereocenters. The molecule has 3 aromatic rings. The van der Waals surface area contributed by atoms with Gasteiger partial charge in [-0.1, -0.05) is 29.8 Å². The Morgan fingerprint density at radius 2 is 1.96 bits per heavy atom. The van der Waals surface area contributed by atoms with Crippen LogP contribution in [0.1, 0.15) is 15.9 Å². The van der Waals surface area contributed by atoms with Gasteiger partial charge in [0.05, 0.1) is 4.92 Å². The number of benzene rings is 2. The Morgan fingerprint density at radius 1 is 1.19 bits per heavy atom. The number of anilines is 1. The lowest BCUT2D eigenvalue weighted by molar-refractivity contribution is -0.384. The number of carbonyl (C=O) groups excluding carboxylic acids is 1. The summed E-state index contributed by atoms with van der Waals surface area (Å²) in [5, 5.41) is 23.1. The van der Waals surface area contributed by atoms with Crippen LogP contribution >= 0.6 is 11.6 Å². The molecule has 3 rings (SSSR count). The molecule has 8 heteroatoms. The molecule has 2 aromatic carbocycles. The van der Waals surface area contributed by atoms with Crippen molar-refractivity contribution >= 4 is 29.1 Å². The predicted octanol–water partition coefficient (Wildman–Crippen LogP) is 4.63. The normalized spacial score (nSPS) is 10.2. The van der Waals surface area contributed by atoms with Gasteiger partial charge in [0.25, 0.3) is 11.6 Å². The van der Waals surface area contributed by atoms with Crippen molar-refractivity contribution in [1.82, 2.24) is 0 Å². The first-order chi connectivity index (χ1) is 12.5. The van der Waals surface area contributed by atoms with Gasteiger partial charge >= 0.3 is 0 Å². The van der Waals surface area contributed by atoms with Gasteiger partial charge in [-0.25, -0.2) is 0 Å². The highest BCUT2D eigenvalue weighted by Crippen LogP contribution is 2.31. The SMILES string of the molecule is N#Cc1cc(-c2cccc([N+](=O)[O-])c2)oc1NC(=O)c1cccc(Cl)c1. The summed E-state index contributed by atoms with van der Waals surface area (Å²) in [5.41, 5.74) is 0.706. The second-order valence-corrected chi connectivity index (χ2v) is 5.67. The van der Waals surface area contributed by atoms with Gasteiger partial charge in [0.15, 0.2) is 0 Å². The zero-order valence-corrected chi connectivity index (χ0v) is 13.9. The molecular formula is C18H10ClN3O4. The number of nitrogens with one attached hydrogen (secondary N) is 1. The van der Waals surface area contributed by atoms with Crippen molar-refractivity contribution in [3.8, 4) is 17.4 Å². The van der Waals surface area contributed by atoms with E-state index in [-0.39, 0.29) is 22.9 Å². The summed E-state index contributed by atoms with van der Waals surface area (Å²) in [7, 11) is 0. The number of hydrogen-bond acceptors (Lipinski definition) is 5. The minimum atomic E-state index is -0.528. The van der Waals surface area contributed by atoms with E-state index in [1.165, 1.54) is 30.3 Å². The molecule has 1 aromatic heterocycles. The van der Waals surface area contributed by atoms with Crippen LogP contribution in [-0.4, -0.2) is 10.8 Å². The molecule has 0 aliphatic carbocycles. The van der Waals surface area contributed by atoms with Crippen LogP contribution in [0.25, 0.3) is 11.3 Å². The Hall–Kier alpha value is -3.63. The van der Waals surface area contributed by atoms with Gasteiger partial charge in [0.2, 0.25) is 5.88 Å². The molecule has 0 spiro atoms. The van der Waals surface area contributed by atoms with Crippen molar-refractivity contribution in [2.45, 2.75) is 0 Å². The Balaban J connectivity index is 1.92. The molecule has 0 saturated carbocycles. The Morgan fingerprint density at radius 3 is 2.65 bits per heavy atom.